The predicted octanol–water partition coefficient (Wildman–Crippen LogP) is -2.38. The molecule has 2 rings (SSSR count). The highest BCUT2D eigenvalue weighted by atomic mass is 16.7. The van der Waals surface area contributed by atoms with E-state index in [-0.39, 0.29) is 19.8 Å². The van der Waals surface area contributed by atoms with Crippen molar-refractivity contribution in [1.29, 1.82) is 0 Å². The van der Waals surface area contributed by atoms with Gasteiger partial charge in [0, 0.05) is 0 Å². The third-order valence-corrected chi connectivity index (χ3v) is 4.64. The largest absolute Gasteiger partial charge is 0.393 e. The third-order valence-electron chi connectivity index (χ3n) is 4.64. The zero-order valence-electron chi connectivity index (χ0n) is 15.3. The summed E-state index contributed by atoms with van der Waals surface area (Å²) in [6, 6.07) is 0. The Morgan fingerprint density at radius 2 is 1.78 bits per heavy atom. The Morgan fingerprint density at radius 1 is 1.04 bits per heavy atom. The molecule has 10 heteroatoms. The first kappa shape index (κ1) is 22.6. The maximum absolute atomic E-state index is 10.1. The molecule has 2 fully saturated rings. The Labute approximate surface area is 157 Å². The molecular formula is C17H30O10. The summed E-state index contributed by atoms with van der Waals surface area (Å²) >= 11 is 0. The fourth-order valence-electron chi connectivity index (χ4n) is 2.85. The molecule has 0 radical (unpaired) electrons. The minimum absolute atomic E-state index is 0.253. The molecule has 0 aromatic heterocycles. The molecule has 158 valence electrons. The quantitative estimate of drug-likeness (QED) is 0.184. The third kappa shape index (κ3) is 5.45. The van der Waals surface area contributed by atoms with Gasteiger partial charge in [-0.05, 0) is 12.8 Å². The molecule has 0 bridgehead atoms. The van der Waals surface area contributed by atoms with Crippen LogP contribution in [0.15, 0.2) is 12.2 Å². The molecule has 27 heavy (non-hydrogen) atoms. The number of ether oxygens (including phenoxy) is 4. The van der Waals surface area contributed by atoms with Crippen molar-refractivity contribution in [2.24, 2.45) is 0 Å². The van der Waals surface area contributed by atoms with Crippen molar-refractivity contribution in [1.82, 2.24) is 0 Å². The van der Waals surface area contributed by atoms with Gasteiger partial charge < -0.3 is 49.6 Å². The first-order chi connectivity index (χ1) is 12.8. The van der Waals surface area contributed by atoms with Crippen LogP contribution in [0, 0.1) is 0 Å². The van der Waals surface area contributed by atoms with E-state index in [2.05, 4.69) is 0 Å². The van der Waals surface area contributed by atoms with Crippen LogP contribution in [0.25, 0.3) is 0 Å². The van der Waals surface area contributed by atoms with Crippen LogP contribution in [0.4, 0.5) is 0 Å². The first-order valence-corrected chi connectivity index (χ1v) is 9.04. The van der Waals surface area contributed by atoms with E-state index in [0.717, 1.165) is 6.42 Å². The average Bonchev–Trinajstić information content (AvgIpc) is 2.95. The number of rotatable bonds is 9. The lowest BCUT2D eigenvalue weighted by molar-refractivity contribution is -0.309. The van der Waals surface area contributed by atoms with E-state index in [1.54, 1.807) is 0 Å². The maximum atomic E-state index is 10.1. The molecule has 0 aromatic carbocycles. The first-order valence-electron chi connectivity index (χ1n) is 9.04. The Kier molecular flexibility index (Phi) is 8.56. The van der Waals surface area contributed by atoms with Gasteiger partial charge in [-0.25, -0.2) is 0 Å². The van der Waals surface area contributed by atoms with Crippen LogP contribution >= 0.6 is 0 Å². The van der Waals surface area contributed by atoms with Crippen LogP contribution in [-0.4, -0.2) is 106 Å². The second-order valence-electron chi connectivity index (χ2n) is 6.77. The minimum Gasteiger partial charge on any atom is -0.393 e. The smallest absolute Gasteiger partial charge is 0.186 e. The molecule has 2 aliphatic rings. The normalized spacial score (nSPS) is 42.9. The molecule has 0 amide bonds. The SMILES string of the molecule is CC/C=C\CCO[C@@H]1O[C@H](CO[C@@H]2OC[C@](O)(CO)[C@H]2O)[C@@H](O)[C@H](O)[C@H]1O. The summed E-state index contributed by atoms with van der Waals surface area (Å²) in [6.07, 6.45) is -3.94. The molecular weight excluding hydrogens is 364 g/mol. The van der Waals surface area contributed by atoms with Gasteiger partial charge in [0.25, 0.3) is 0 Å². The van der Waals surface area contributed by atoms with Crippen molar-refractivity contribution >= 4 is 0 Å². The lowest BCUT2D eigenvalue weighted by Crippen LogP contribution is -2.59. The van der Waals surface area contributed by atoms with Gasteiger partial charge in [0.2, 0.25) is 0 Å². The van der Waals surface area contributed by atoms with Crippen LogP contribution in [-0.2, 0) is 18.9 Å². The number of aliphatic hydroxyl groups is 6. The van der Waals surface area contributed by atoms with Crippen molar-refractivity contribution in [3.05, 3.63) is 12.2 Å². The predicted molar refractivity (Wildman–Crippen MR) is 90.4 cm³/mol. The number of hydrogen-bond acceptors (Lipinski definition) is 10. The van der Waals surface area contributed by atoms with E-state index in [9.17, 15) is 25.5 Å². The number of aliphatic hydroxyl groups excluding tert-OH is 5. The van der Waals surface area contributed by atoms with E-state index >= 15 is 0 Å². The van der Waals surface area contributed by atoms with Crippen molar-refractivity contribution in [3.63, 3.8) is 0 Å². The topological polar surface area (TPSA) is 158 Å². The van der Waals surface area contributed by atoms with Gasteiger partial charge in [-0.1, -0.05) is 19.1 Å². The van der Waals surface area contributed by atoms with E-state index in [1.807, 2.05) is 19.1 Å². The summed E-state index contributed by atoms with van der Waals surface area (Å²) in [4.78, 5) is 0. The molecule has 0 spiro atoms. The zero-order valence-corrected chi connectivity index (χ0v) is 15.3. The van der Waals surface area contributed by atoms with Gasteiger partial charge in [0.05, 0.1) is 26.4 Å². The molecule has 6 N–H and O–H groups in total. The summed E-state index contributed by atoms with van der Waals surface area (Å²) in [7, 11) is 0. The maximum Gasteiger partial charge on any atom is 0.186 e. The van der Waals surface area contributed by atoms with Crippen molar-refractivity contribution in [2.45, 2.75) is 68.5 Å². The van der Waals surface area contributed by atoms with Crippen molar-refractivity contribution in [2.75, 3.05) is 26.4 Å². The molecule has 2 aliphatic heterocycles. The van der Waals surface area contributed by atoms with Gasteiger partial charge in [-0.15, -0.1) is 0 Å². The molecule has 0 unspecified atom stereocenters. The Hall–Kier alpha value is -0.660. The molecule has 8 atom stereocenters. The second-order valence-corrected chi connectivity index (χ2v) is 6.77. The lowest BCUT2D eigenvalue weighted by Gasteiger charge is -2.40. The molecule has 0 aliphatic carbocycles. The van der Waals surface area contributed by atoms with Crippen LogP contribution in [0.2, 0.25) is 0 Å². The van der Waals surface area contributed by atoms with Crippen LogP contribution in [0.3, 0.4) is 0 Å². The fraction of sp³-hybridized carbons (Fsp3) is 0.882. The Morgan fingerprint density at radius 3 is 2.41 bits per heavy atom. The Bertz CT molecular complexity index is 475. The van der Waals surface area contributed by atoms with Gasteiger partial charge in [0.1, 0.15) is 36.1 Å². The van der Waals surface area contributed by atoms with E-state index in [1.165, 1.54) is 0 Å². The summed E-state index contributed by atoms with van der Waals surface area (Å²) in [5.41, 5.74) is -1.83. The summed E-state index contributed by atoms with van der Waals surface area (Å²) in [5.74, 6) is 0. The van der Waals surface area contributed by atoms with Crippen LogP contribution < -0.4 is 0 Å². The molecule has 0 aromatic rings. The van der Waals surface area contributed by atoms with Crippen molar-refractivity contribution < 1.29 is 49.6 Å². The fourth-order valence-corrected chi connectivity index (χ4v) is 2.85. The van der Waals surface area contributed by atoms with Gasteiger partial charge in [0.15, 0.2) is 12.6 Å². The molecule has 0 saturated carbocycles. The highest BCUT2D eigenvalue weighted by Crippen LogP contribution is 2.27. The van der Waals surface area contributed by atoms with E-state index < -0.39 is 55.3 Å². The minimum atomic E-state index is -1.83. The van der Waals surface area contributed by atoms with Gasteiger partial charge in [-0.2, -0.15) is 0 Å². The highest BCUT2D eigenvalue weighted by Gasteiger charge is 2.50. The summed E-state index contributed by atoms with van der Waals surface area (Å²) in [5, 5.41) is 59.1. The highest BCUT2D eigenvalue weighted by molar-refractivity contribution is 4.94. The number of allylic oxidation sites excluding steroid dienone is 1. The van der Waals surface area contributed by atoms with E-state index in [4.69, 9.17) is 24.1 Å². The molecule has 10 nitrogen and oxygen atoms in total. The standard InChI is InChI=1S/C17H30O10/c1-2-3-4-5-6-24-15-13(21)12(20)11(19)10(27-15)7-25-16-14(22)17(23,8-18)9-26-16/h3-4,10-16,18-23H,2,5-9H2,1H3/b4-3-/t10-,11-,12+,13-,14+,15-,16-,17-/m1/s1. The second kappa shape index (κ2) is 10.2. The van der Waals surface area contributed by atoms with Crippen LogP contribution in [0.5, 0.6) is 0 Å². The Balaban J connectivity index is 1.87. The van der Waals surface area contributed by atoms with Crippen molar-refractivity contribution in [3.8, 4) is 0 Å². The zero-order chi connectivity index (χ0) is 20.0. The molecule has 2 heterocycles. The average molecular weight is 394 g/mol. The van der Waals surface area contributed by atoms with E-state index in [0.29, 0.717) is 6.42 Å². The van der Waals surface area contributed by atoms with Gasteiger partial charge in [-0.3, -0.25) is 0 Å². The monoisotopic (exact) mass is 394 g/mol. The summed E-state index contributed by atoms with van der Waals surface area (Å²) < 4.78 is 21.3. The lowest BCUT2D eigenvalue weighted by atomic mass is 9.99. The van der Waals surface area contributed by atoms with Gasteiger partial charge >= 0.3 is 0 Å². The summed E-state index contributed by atoms with van der Waals surface area (Å²) in [6.45, 7) is 0.929. The van der Waals surface area contributed by atoms with Crippen LogP contribution in [0.1, 0.15) is 19.8 Å². The number of hydrogen-bond donors (Lipinski definition) is 6. The molecule has 2 saturated heterocycles.